The van der Waals surface area contributed by atoms with E-state index in [-0.39, 0.29) is 25.3 Å². The molecule has 2 rings (SSSR count). The van der Waals surface area contributed by atoms with Crippen molar-refractivity contribution >= 4 is 23.5 Å². The first-order valence-corrected chi connectivity index (χ1v) is 8.84. The molecule has 1 amide bonds. The molecule has 0 aromatic heterocycles. The summed E-state index contributed by atoms with van der Waals surface area (Å²) in [5.74, 6) is -3.83. The molecule has 0 bridgehead atoms. The fraction of sp³-hybridized carbons (Fsp3) is 0.500. The lowest BCUT2D eigenvalue weighted by atomic mass is 9.87. The van der Waals surface area contributed by atoms with Crippen LogP contribution in [-0.2, 0) is 23.9 Å². The monoisotopic (exact) mass is 394 g/mol. The molecule has 0 spiro atoms. The van der Waals surface area contributed by atoms with E-state index in [2.05, 4.69) is 5.32 Å². The van der Waals surface area contributed by atoms with E-state index in [1.165, 1.54) is 24.3 Å². The van der Waals surface area contributed by atoms with E-state index in [1.54, 1.807) is 6.92 Å². The van der Waals surface area contributed by atoms with Gasteiger partial charge >= 0.3 is 11.9 Å². The van der Waals surface area contributed by atoms with Crippen molar-refractivity contribution in [1.29, 1.82) is 0 Å². The molecule has 1 saturated heterocycles. The fourth-order valence-corrected chi connectivity index (χ4v) is 3.02. The number of carboxylic acid groups (broad SMARTS) is 1. The fourth-order valence-electron chi connectivity index (χ4n) is 3.02. The summed E-state index contributed by atoms with van der Waals surface area (Å²) in [5, 5.41) is 23.0. The SMILES string of the molecule is CCOC(=O)C[C@H](c1ccc([N+](=O)[O-])cc1)[C@@H](NC(=O)[C@@H]1CCOC1)C(=O)O. The van der Waals surface area contributed by atoms with Crippen molar-refractivity contribution in [3.8, 4) is 0 Å². The van der Waals surface area contributed by atoms with Crippen LogP contribution in [0.2, 0.25) is 0 Å². The quantitative estimate of drug-likeness (QED) is 0.361. The zero-order chi connectivity index (χ0) is 20.7. The lowest BCUT2D eigenvalue weighted by molar-refractivity contribution is -0.384. The molecule has 1 heterocycles. The number of esters is 1. The highest BCUT2D eigenvalue weighted by Gasteiger charge is 2.35. The van der Waals surface area contributed by atoms with E-state index >= 15 is 0 Å². The Hall–Kier alpha value is -3.01. The van der Waals surface area contributed by atoms with Gasteiger partial charge in [0.25, 0.3) is 5.69 Å². The van der Waals surface area contributed by atoms with Gasteiger partial charge in [-0.3, -0.25) is 19.7 Å². The third kappa shape index (κ3) is 5.49. The minimum atomic E-state index is -1.40. The number of nitro benzene ring substituents is 1. The van der Waals surface area contributed by atoms with E-state index in [4.69, 9.17) is 9.47 Å². The average Bonchev–Trinajstić information content (AvgIpc) is 3.19. The van der Waals surface area contributed by atoms with Gasteiger partial charge in [-0.05, 0) is 18.9 Å². The van der Waals surface area contributed by atoms with Crippen LogP contribution >= 0.6 is 0 Å². The summed E-state index contributed by atoms with van der Waals surface area (Å²) in [6.45, 7) is 2.37. The van der Waals surface area contributed by atoms with Crippen LogP contribution in [0.3, 0.4) is 0 Å². The number of non-ortho nitro benzene ring substituents is 1. The molecule has 0 unspecified atom stereocenters. The third-order valence-corrected chi connectivity index (χ3v) is 4.49. The summed E-state index contributed by atoms with van der Waals surface area (Å²) in [6, 6.07) is 3.79. The summed E-state index contributed by atoms with van der Waals surface area (Å²) in [5.41, 5.74) is 0.201. The molecule has 2 N–H and O–H groups in total. The van der Waals surface area contributed by atoms with Crippen LogP contribution < -0.4 is 5.32 Å². The number of nitrogens with one attached hydrogen (secondary N) is 1. The Morgan fingerprint density at radius 2 is 2.04 bits per heavy atom. The number of nitrogens with zero attached hydrogens (tertiary/aromatic N) is 1. The molecular weight excluding hydrogens is 372 g/mol. The van der Waals surface area contributed by atoms with Crippen molar-refractivity contribution in [3.05, 3.63) is 39.9 Å². The number of ether oxygens (including phenoxy) is 2. The van der Waals surface area contributed by atoms with E-state index < -0.39 is 40.6 Å². The number of amides is 1. The molecule has 1 aliphatic heterocycles. The van der Waals surface area contributed by atoms with Gasteiger partial charge in [0, 0.05) is 24.7 Å². The first-order valence-electron chi connectivity index (χ1n) is 8.84. The predicted octanol–water partition coefficient (Wildman–Crippen LogP) is 1.24. The predicted molar refractivity (Wildman–Crippen MR) is 95.6 cm³/mol. The molecule has 0 radical (unpaired) electrons. The first kappa shape index (κ1) is 21.3. The Morgan fingerprint density at radius 3 is 2.54 bits per heavy atom. The minimum Gasteiger partial charge on any atom is -0.480 e. The van der Waals surface area contributed by atoms with Crippen molar-refractivity contribution in [2.75, 3.05) is 19.8 Å². The van der Waals surface area contributed by atoms with Gasteiger partial charge < -0.3 is 19.9 Å². The minimum absolute atomic E-state index is 0.120. The van der Waals surface area contributed by atoms with E-state index in [0.717, 1.165) is 0 Å². The lowest BCUT2D eigenvalue weighted by Gasteiger charge is -2.25. The number of hydrogen-bond acceptors (Lipinski definition) is 7. The number of carbonyl (C=O) groups excluding carboxylic acids is 2. The Balaban J connectivity index is 2.29. The molecule has 1 fully saturated rings. The molecule has 152 valence electrons. The van der Waals surface area contributed by atoms with Crippen LogP contribution in [0.25, 0.3) is 0 Å². The van der Waals surface area contributed by atoms with Gasteiger partial charge in [-0.25, -0.2) is 4.79 Å². The van der Waals surface area contributed by atoms with Gasteiger partial charge in [0.05, 0.1) is 30.5 Å². The molecule has 1 aromatic carbocycles. The number of nitro groups is 1. The van der Waals surface area contributed by atoms with Crippen LogP contribution in [-0.4, -0.2) is 53.7 Å². The highest BCUT2D eigenvalue weighted by Crippen LogP contribution is 2.27. The second kappa shape index (κ2) is 9.79. The zero-order valence-electron chi connectivity index (χ0n) is 15.3. The maximum Gasteiger partial charge on any atom is 0.326 e. The van der Waals surface area contributed by atoms with Gasteiger partial charge in [0.2, 0.25) is 5.91 Å². The largest absolute Gasteiger partial charge is 0.480 e. The van der Waals surface area contributed by atoms with Gasteiger partial charge in [0.1, 0.15) is 6.04 Å². The third-order valence-electron chi connectivity index (χ3n) is 4.49. The Morgan fingerprint density at radius 1 is 1.36 bits per heavy atom. The van der Waals surface area contributed by atoms with E-state index in [0.29, 0.717) is 18.6 Å². The number of carboxylic acids is 1. The molecular formula is C18H22N2O8. The van der Waals surface area contributed by atoms with E-state index in [9.17, 15) is 29.6 Å². The molecule has 3 atom stereocenters. The Bertz CT molecular complexity index is 728. The van der Waals surface area contributed by atoms with Crippen LogP contribution in [0.5, 0.6) is 0 Å². The van der Waals surface area contributed by atoms with Crippen LogP contribution in [0, 0.1) is 16.0 Å². The normalized spacial score (nSPS) is 18.1. The summed E-state index contributed by atoms with van der Waals surface area (Å²) in [4.78, 5) is 46.5. The van der Waals surface area contributed by atoms with Crippen molar-refractivity contribution in [1.82, 2.24) is 5.32 Å². The molecule has 1 aromatic rings. The van der Waals surface area contributed by atoms with Crippen molar-refractivity contribution in [2.45, 2.75) is 31.7 Å². The smallest absolute Gasteiger partial charge is 0.326 e. The summed E-state index contributed by atoms with van der Waals surface area (Å²) >= 11 is 0. The zero-order valence-corrected chi connectivity index (χ0v) is 15.3. The molecule has 0 saturated carbocycles. The molecule has 0 aliphatic carbocycles. The summed E-state index contributed by atoms with van der Waals surface area (Å²) in [6.07, 6.45) is 0.183. The molecule has 10 nitrogen and oxygen atoms in total. The number of rotatable bonds is 9. The maximum absolute atomic E-state index is 12.4. The Labute approximate surface area is 161 Å². The standard InChI is InChI=1S/C18H22N2O8/c1-2-28-15(21)9-14(11-3-5-13(6-4-11)20(25)26)16(18(23)24)19-17(22)12-7-8-27-10-12/h3-6,12,14,16H,2,7-10H2,1H3,(H,19,22)(H,23,24)/t12-,14-,16-/m1/s1. The van der Waals surface area contributed by atoms with Gasteiger partial charge in [0.15, 0.2) is 0 Å². The maximum atomic E-state index is 12.4. The first-order chi connectivity index (χ1) is 13.3. The van der Waals surface area contributed by atoms with Crippen LogP contribution in [0.1, 0.15) is 31.2 Å². The highest BCUT2D eigenvalue weighted by molar-refractivity contribution is 5.86. The molecule has 10 heteroatoms. The number of aliphatic carboxylic acids is 1. The number of benzene rings is 1. The van der Waals surface area contributed by atoms with Crippen molar-refractivity contribution in [2.24, 2.45) is 5.92 Å². The van der Waals surface area contributed by atoms with Gasteiger partial charge in [-0.1, -0.05) is 12.1 Å². The van der Waals surface area contributed by atoms with Gasteiger partial charge in [-0.15, -0.1) is 0 Å². The second-order valence-electron chi connectivity index (χ2n) is 6.35. The highest BCUT2D eigenvalue weighted by atomic mass is 16.6. The Kier molecular flexibility index (Phi) is 7.44. The molecule has 28 heavy (non-hydrogen) atoms. The topological polar surface area (TPSA) is 145 Å². The van der Waals surface area contributed by atoms with E-state index in [1.807, 2.05) is 0 Å². The second-order valence-corrected chi connectivity index (χ2v) is 6.35. The van der Waals surface area contributed by atoms with Crippen LogP contribution in [0.4, 0.5) is 5.69 Å². The van der Waals surface area contributed by atoms with Crippen molar-refractivity contribution < 1.29 is 33.9 Å². The average molecular weight is 394 g/mol. The lowest BCUT2D eigenvalue weighted by Crippen LogP contribution is -2.47. The summed E-state index contributed by atoms with van der Waals surface area (Å²) < 4.78 is 10.1. The van der Waals surface area contributed by atoms with Crippen LogP contribution in [0.15, 0.2) is 24.3 Å². The summed E-state index contributed by atoms with van der Waals surface area (Å²) in [7, 11) is 0. The number of carbonyl (C=O) groups is 3. The van der Waals surface area contributed by atoms with Gasteiger partial charge in [-0.2, -0.15) is 0 Å². The molecule has 1 aliphatic rings. The van der Waals surface area contributed by atoms with Crippen molar-refractivity contribution in [3.63, 3.8) is 0 Å². The number of hydrogen-bond donors (Lipinski definition) is 2.